The summed E-state index contributed by atoms with van der Waals surface area (Å²) in [7, 11) is 0. The topological polar surface area (TPSA) is 0 Å². The molecule has 0 aliphatic heterocycles. The van der Waals surface area contributed by atoms with Crippen molar-refractivity contribution in [2.24, 2.45) is 0 Å². The first kappa shape index (κ1) is 34.7. The van der Waals surface area contributed by atoms with E-state index in [4.69, 9.17) is 0 Å². The number of hydrogen-bond acceptors (Lipinski definition) is 0. The maximum atomic E-state index is 2.71. The van der Waals surface area contributed by atoms with Gasteiger partial charge < -0.3 is 0 Å². The van der Waals surface area contributed by atoms with Crippen LogP contribution in [0.1, 0.15) is 0 Å². The molecule has 0 N–H and O–H groups in total. The van der Waals surface area contributed by atoms with E-state index in [-0.39, 0.29) is 6.01 Å². The van der Waals surface area contributed by atoms with E-state index in [1.165, 1.54) is 0 Å². The molecule has 0 aliphatic rings. The lowest BCUT2D eigenvalue weighted by Gasteiger charge is -2.56. The van der Waals surface area contributed by atoms with Gasteiger partial charge in [-0.15, -0.1) is 0 Å². The van der Waals surface area contributed by atoms with Crippen LogP contribution in [0.15, 0.2) is 0 Å². The molecule has 0 unspecified atom stereocenters. The molecule has 0 atom stereocenters. The van der Waals surface area contributed by atoms with Crippen molar-refractivity contribution in [3.05, 3.63) is 0 Å². The molecule has 0 rings (SSSR count). The van der Waals surface area contributed by atoms with Crippen molar-refractivity contribution in [3.63, 3.8) is 0 Å². The molecule has 0 fully saturated rings. The van der Waals surface area contributed by atoms with Crippen LogP contribution < -0.4 is 0 Å². The van der Waals surface area contributed by atoms with Gasteiger partial charge >= 0.3 is 0 Å². The fourth-order valence-electron chi connectivity index (χ4n) is 0.948. The molecule has 0 saturated carbocycles. The van der Waals surface area contributed by atoms with Crippen LogP contribution in [0, 0.1) is 0 Å². The van der Waals surface area contributed by atoms with Gasteiger partial charge in [0.1, 0.15) is 6.01 Å². The molecule has 0 aliphatic carbocycles. The zero-order valence-electron chi connectivity index (χ0n) is 9.55. The van der Waals surface area contributed by atoms with Crippen LogP contribution in [0.4, 0.5) is 0 Å². The van der Waals surface area contributed by atoms with Crippen LogP contribution in [0.5, 0.6) is 0 Å². The minimum Gasteiger partial charge on any atom is -0.0623 e. The quantitative estimate of drug-likeness (QED) is 0.184. The molecule has 0 aromatic carbocycles. The van der Waals surface area contributed by atoms with E-state index >= 15 is 0 Å². The van der Waals surface area contributed by atoms with Gasteiger partial charge in [-0.3, -0.25) is 0 Å². The van der Waals surface area contributed by atoms with Crippen molar-refractivity contribution in [1.29, 1.82) is 0 Å². The third-order valence-corrected chi connectivity index (χ3v) is 52.2. The fourth-order valence-corrected chi connectivity index (χ4v) is 22.2. The Hall–Kier alpha value is 11.7. The lowest BCUT2D eigenvalue weighted by molar-refractivity contribution is 0.728. The lowest BCUT2D eigenvalue weighted by atomic mass is 10.1. The summed E-state index contributed by atoms with van der Waals surface area (Å²) in [5.74, 6) is 0. The molecule has 140 valence electrons. The molecule has 0 radical (unpaired) electrons. The summed E-state index contributed by atoms with van der Waals surface area (Å²) in [6.45, 7) is 0. The highest BCUT2D eigenvalue weighted by molar-refractivity contribution is 14.3. The highest BCUT2D eigenvalue weighted by Gasteiger charge is 2.74. The Labute approximate surface area is 355 Å². The van der Waals surface area contributed by atoms with Crippen LogP contribution in [-0.4, -0.2) is 6.01 Å². The Morgan fingerprint density at radius 3 is 0.478 bits per heavy atom. The Morgan fingerprint density at radius 1 is 0.217 bits per heavy atom. The molecule has 0 aromatic rings. The van der Waals surface area contributed by atoms with Crippen molar-refractivity contribution in [2.75, 3.05) is 0 Å². The van der Waals surface area contributed by atoms with Crippen LogP contribution in [0.2, 0.25) is 0 Å². The minimum absolute atomic E-state index is 0.00203. The predicted octanol–water partition coefficient (Wildman–Crippen LogP) is 12.7. The van der Waals surface area contributed by atoms with Gasteiger partial charge in [0.25, 0.3) is 0 Å². The van der Waals surface area contributed by atoms with Crippen molar-refractivity contribution >= 4 is 361 Å². The molecule has 23 heavy (non-hydrogen) atoms. The monoisotopic (exact) mass is 2110 g/mol. The zero-order chi connectivity index (χ0) is 19.5. The van der Waals surface area contributed by atoms with Gasteiger partial charge in [-0.25, -0.2) is 0 Å². The van der Waals surface area contributed by atoms with Crippen molar-refractivity contribution in [3.8, 4) is 0 Å². The third-order valence-electron chi connectivity index (χ3n) is 2.29. The molecule has 0 bridgehead atoms. The first-order chi connectivity index (χ1) is 9.50. The number of hydrogen-bond donors (Lipinski definition) is 0. The third kappa shape index (κ3) is 7.84. The summed E-state index contributed by atoms with van der Waals surface area (Å²) in [4.78, 5) is 0. The highest BCUT2D eigenvalue weighted by Crippen LogP contribution is 2.78. The van der Waals surface area contributed by atoms with E-state index in [0.717, 1.165) is 0 Å². The van der Waals surface area contributed by atoms with Crippen LogP contribution >= 0.6 is 361 Å². The molecule has 0 heterocycles. The smallest absolute Gasteiger partial charge is 0.0623 e. The largest absolute Gasteiger partial charge is 0.149 e. The van der Waals surface area contributed by atoms with E-state index in [9.17, 15) is 0 Å². The van der Waals surface area contributed by atoms with Crippen molar-refractivity contribution in [2.45, 2.75) is 6.01 Å². The minimum atomic E-state index is 0.00203. The Kier molecular flexibility index (Phi) is 18.8. The maximum Gasteiger partial charge on any atom is 0.149 e. The van der Waals surface area contributed by atoms with Crippen molar-refractivity contribution in [1.82, 2.24) is 0 Å². The summed E-state index contributed by atoms with van der Waals surface area (Å²) in [6, 6.07) is 0. The fraction of sp³-hybridized carbons (Fsp3) is 1.00. The Bertz CT molecular complexity index is 394. The van der Waals surface area contributed by atoms with E-state index in [1.807, 2.05) is 0 Å². The van der Waals surface area contributed by atoms with Gasteiger partial charge in [0.05, 0.1) is 0 Å². The average Bonchev–Trinajstić information content (AvgIpc) is 2.24. The van der Waals surface area contributed by atoms with Crippen LogP contribution in [-0.2, 0) is 0 Å². The summed E-state index contributed by atoms with van der Waals surface area (Å²) < 4.78 is 0.337. The highest BCUT2D eigenvalue weighted by atomic mass is 127. The summed E-state index contributed by atoms with van der Waals surface area (Å²) >= 11 is 42.3. The predicted molar refractivity (Wildman–Crippen MR) is 243 cm³/mol. The molecule has 0 amide bonds. The molecule has 0 saturated heterocycles. The number of halogens is 16. The van der Waals surface area contributed by atoms with Gasteiger partial charge in [-0.2, -0.15) is 0 Å². The first-order valence-corrected chi connectivity index (χ1v) is 21.8. The first-order valence-electron chi connectivity index (χ1n) is 4.52. The molecule has 0 aromatic heterocycles. The number of rotatable bonds is 6. The second-order valence-corrected chi connectivity index (χ2v) is 52.5. The van der Waals surface area contributed by atoms with Crippen LogP contribution in [0.3, 0.4) is 0 Å². The molecule has 0 spiro atoms. The normalized spacial score (nSPS) is 16.7. The van der Waals surface area contributed by atoms with Crippen molar-refractivity contribution < 1.29 is 0 Å². The van der Waals surface area contributed by atoms with E-state index in [1.54, 1.807) is 0 Å². The Morgan fingerprint density at radius 2 is 0.348 bits per heavy atom. The average molecular weight is 2110 g/mol. The van der Waals surface area contributed by atoms with E-state index in [2.05, 4.69) is 361 Å². The summed E-state index contributed by atoms with van der Waals surface area (Å²) in [6.07, 6.45) is 0. The van der Waals surface area contributed by atoms with E-state index in [0.29, 0.717) is 0 Å². The maximum absolute atomic E-state index is 2.71. The Balaban J connectivity index is 6.37. The second kappa shape index (κ2) is 12.5. The zero-order valence-corrected chi connectivity index (χ0v) is 44.1. The van der Waals surface area contributed by atoms with Gasteiger partial charge in [0.15, 0.2) is 0 Å². The standard InChI is InChI=1S/C7I16/c8-1(9,2(10,11)4(14,15)6(18,19)20)3(12,13)5(16,17)7(21,22)23. The molecule has 0 nitrogen and oxygen atoms in total. The lowest BCUT2D eigenvalue weighted by Crippen LogP contribution is -2.64. The summed E-state index contributed by atoms with van der Waals surface area (Å²) in [5, 5.41) is 0. The second-order valence-electron chi connectivity index (χ2n) is 3.87. The van der Waals surface area contributed by atoms with Gasteiger partial charge in [-0.1, -0.05) is 361 Å². The molecular weight excluding hydrogens is 2110 g/mol. The van der Waals surface area contributed by atoms with Gasteiger partial charge in [0, 0.05) is 0 Å². The molecular formula is C7I16. The summed E-state index contributed by atoms with van der Waals surface area (Å²) in [5.41, 5.74) is 0. The number of alkyl halides is 16. The van der Waals surface area contributed by atoms with Gasteiger partial charge in [0.2, 0.25) is 0 Å². The SMILES string of the molecule is IC(I)(I)C(I)(I)C(I)(I)C(I)(I)C(I)(I)C(I)(I)C(I)(I)I. The van der Waals surface area contributed by atoms with Gasteiger partial charge in [-0.05, 0) is 0 Å². The van der Waals surface area contributed by atoms with E-state index < -0.39 is 0 Å². The molecule has 16 heteroatoms. The van der Waals surface area contributed by atoms with Crippen LogP contribution in [0.25, 0.3) is 0 Å².